The van der Waals surface area contributed by atoms with E-state index in [1.54, 1.807) is 12.1 Å². The molecule has 1 heterocycles. The van der Waals surface area contributed by atoms with Crippen molar-refractivity contribution in [1.82, 2.24) is 4.98 Å². The summed E-state index contributed by atoms with van der Waals surface area (Å²) in [7, 11) is 1.93. The summed E-state index contributed by atoms with van der Waals surface area (Å²) in [5.74, 6) is -0.140. The fourth-order valence-electron chi connectivity index (χ4n) is 3.13. The highest BCUT2D eigenvalue weighted by molar-refractivity contribution is 6.10. The molecule has 0 spiro atoms. The fraction of sp³-hybridized carbons (Fsp3) is 0.250. The smallest absolute Gasteiger partial charge is 0.222 e. The van der Waals surface area contributed by atoms with Crippen LogP contribution in [0.25, 0.3) is 10.9 Å². The van der Waals surface area contributed by atoms with Crippen LogP contribution in [-0.2, 0) is 6.54 Å². The van der Waals surface area contributed by atoms with Crippen molar-refractivity contribution in [3.8, 4) is 0 Å². The van der Waals surface area contributed by atoms with Crippen LogP contribution in [0.15, 0.2) is 48.5 Å². The average Bonchev–Trinajstić information content (AvgIpc) is 2.91. The average molecular weight is 325 g/mol. The lowest BCUT2D eigenvalue weighted by atomic mass is 10.0. The molecule has 124 valence electrons. The molecule has 2 N–H and O–H groups in total. The predicted octanol–water partition coefficient (Wildman–Crippen LogP) is 2.90. The van der Waals surface area contributed by atoms with Gasteiger partial charge in [0, 0.05) is 22.2 Å². The first kappa shape index (κ1) is 16.4. The van der Waals surface area contributed by atoms with Crippen LogP contribution in [0.3, 0.4) is 0 Å². The maximum atomic E-state index is 13.9. The van der Waals surface area contributed by atoms with Gasteiger partial charge in [-0.05, 0) is 26.0 Å². The number of aryl methyl sites for hydroxylation is 1. The van der Waals surface area contributed by atoms with Gasteiger partial charge in [0.25, 0.3) is 0 Å². The van der Waals surface area contributed by atoms with Gasteiger partial charge in [-0.1, -0.05) is 36.4 Å². The number of hydrogen-bond acceptors (Lipinski definition) is 1. The minimum Gasteiger partial charge on any atom is -0.358 e. The third kappa shape index (κ3) is 2.97. The molecule has 2 atom stereocenters. The van der Waals surface area contributed by atoms with E-state index < -0.39 is 0 Å². The van der Waals surface area contributed by atoms with Crippen LogP contribution in [0.1, 0.15) is 28.5 Å². The Morgan fingerprint density at radius 1 is 1.17 bits per heavy atom. The molecule has 0 radical (unpaired) electrons. The van der Waals surface area contributed by atoms with Crippen LogP contribution in [0.5, 0.6) is 0 Å². The molecule has 1 unspecified atom stereocenters. The molecule has 0 bridgehead atoms. The molecule has 0 saturated carbocycles. The summed E-state index contributed by atoms with van der Waals surface area (Å²) in [5, 5.41) is 0.950. The summed E-state index contributed by atoms with van der Waals surface area (Å²) in [6.45, 7) is 4.30. The molecule has 3 rings (SSSR count). The standard InChI is InChI=1S/C20H21FN2O/c1-13-19(16-9-5-7-11-18(16)22-13)20(24)14(2)23(3)12-15-8-4-6-10-17(15)21/h4-11,14,22H,12H2,1-3H3/p+1/t14-/m0/s1. The van der Waals surface area contributed by atoms with Gasteiger partial charge in [0.2, 0.25) is 5.78 Å². The monoisotopic (exact) mass is 325 g/mol. The normalized spacial score (nSPS) is 13.8. The molecule has 0 amide bonds. The maximum absolute atomic E-state index is 13.9. The SMILES string of the molecule is Cc1[nH]c2ccccc2c1C(=O)[C@H](C)[NH+](C)Cc1ccccc1F. The zero-order valence-corrected chi connectivity index (χ0v) is 14.2. The van der Waals surface area contributed by atoms with Crippen molar-refractivity contribution in [3.63, 3.8) is 0 Å². The van der Waals surface area contributed by atoms with Gasteiger partial charge in [-0.25, -0.2) is 4.39 Å². The number of Topliss-reactive ketones (excluding diaryl/α,β-unsaturated/α-hetero) is 1. The van der Waals surface area contributed by atoms with Gasteiger partial charge < -0.3 is 9.88 Å². The first-order valence-corrected chi connectivity index (χ1v) is 8.16. The van der Waals surface area contributed by atoms with Gasteiger partial charge in [0.05, 0.1) is 12.6 Å². The van der Waals surface area contributed by atoms with Gasteiger partial charge in [0.15, 0.2) is 0 Å². The number of ketones is 1. The van der Waals surface area contributed by atoms with E-state index >= 15 is 0 Å². The van der Waals surface area contributed by atoms with E-state index in [1.165, 1.54) is 6.07 Å². The molecule has 0 saturated heterocycles. The number of H-pyrrole nitrogens is 1. The Bertz CT molecular complexity index is 884. The number of fused-ring (bicyclic) bond motifs is 1. The molecule has 0 aliphatic heterocycles. The second-order valence-corrected chi connectivity index (χ2v) is 6.37. The van der Waals surface area contributed by atoms with E-state index in [1.807, 2.05) is 51.2 Å². The topological polar surface area (TPSA) is 37.3 Å². The van der Waals surface area contributed by atoms with Gasteiger partial charge in [-0.15, -0.1) is 0 Å². The minimum absolute atomic E-state index is 0.0822. The van der Waals surface area contributed by atoms with Gasteiger partial charge in [0.1, 0.15) is 18.4 Å². The van der Waals surface area contributed by atoms with Crippen LogP contribution in [0.2, 0.25) is 0 Å². The van der Waals surface area contributed by atoms with Crippen LogP contribution in [0.4, 0.5) is 4.39 Å². The van der Waals surface area contributed by atoms with Crippen molar-refractivity contribution in [1.29, 1.82) is 0 Å². The van der Waals surface area contributed by atoms with E-state index in [0.29, 0.717) is 12.1 Å². The van der Waals surface area contributed by atoms with E-state index in [2.05, 4.69) is 4.98 Å². The molecule has 0 fully saturated rings. The summed E-state index contributed by atoms with van der Waals surface area (Å²) in [4.78, 5) is 17.3. The molecular formula is C20H22FN2O+. The number of para-hydroxylation sites is 1. The van der Waals surface area contributed by atoms with Crippen LogP contribution in [-0.4, -0.2) is 23.9 Å². The highest BCUT2D eigenvalue weighted by atomic mass is 19.1. The summed E-state index contributed by atoms with van der Waals surface area (Å²) >= 11 is 0. The Kier molecular flexibility index (Phi) is 4.49. The zero-order chi connectivity index (χ0) is 17.3. The fourth-order valence-corrected chi connectivity index (χ4v) is 3.13. The lowest BCUT2D eigenvalue weighted by molar-refractivity contribution is -0.907. The third-order valence-electron chi connectivity index (χ3n) is 4.70. The van der Waals surface area contributed by atoms with E-state index in [4.69, 9.17) is 0 Å². The number of carbonyl (C=O) groups excluding carboxylic acids is 1. The van der Waals surface area contributed by atoms with Crippen LogP contribution >= 0.6 is 0 Å². The Hall–Kier alpha value is -2.46. The molecule has 0 aliphatic rings. The minimum atomic E-state index is -0.262. The molecular weight excluding hydrogens is 303 g/mol. The number of halogens is 1. The largest absolute Gasteiger partial charge is 0.358 e. The first-order valence-electron chi connectivity index (χ1n) is 8.16. The van der Waals surface area contributed by atoms with Crippen LogP contribution < -0.4 is 4.90 Å². The number of aromatic amines is 1. The van der Waals surface area contributed by atoms with Crippen LogP contribution in [0, 0.1) is 12.7 Å². The summed E-state index contributed by atoms with van der Waals surface area (Å²) in [6, 6.07) is 14.3. The Balaban J connectivity index is 1.86. The van der Waals surface area contributed by atoms with Gasteiger partial charge in [-0.2, -0.15) is 0 Å². The van der Waals surface area contributed by atoms with Crippen molar-refractivity contribution in [3.05, 3.63) is 71.2 Å². The predicted molar refractivity (Wildman–Crippen MR) is 93.8 cm³/mol. The number of carbonyl (C=O) groups is 1. The van der Waals surface area contributed by atoms with E-state index in [-0.39, 0.29) is 17.6 Å². The highest BCUT2D eigenvalue weighted by Gasteiger charge is 2.27. The van der Waals surface area contributed by atoms with E-state index in [9.17, 15) is 9.18 Å². The number of aromatic nitrogens is 1. The van der Waals surface area contributed by atoms with Gasteiger partial charge in [-0.3, -0.25) is 4.79 Å². The highest BCUT2D eigenvalue weighted by Crippen LogP contribution is 2.22. The lowest BCUT2D eigenvalue weighted by Gasteiger charge is -2.21. The zero-order valence-electron chi connectivity index (χ0n) is 14.2. The second-order valence-electron chi connectivity index (χ2n) is 6.37. The van der Waals surface area contributed by atoms with Crippen molar-refractivity contribution in [2.75, 3.05) is 7.05 Å². The Morgan fingerprint density at radius 2 is 1.83 bits per heavy atom. The molecule has 0 aliphatic carbocycles. The first-order chi connectivity index (χ1) is 11.5. The molecule has 3 nitrogen and oxygen atoms in total. The Labute approximate surface area is 141 Å². The van der Waals surface area contributed by atoms with Crippen molar-refractivity contribution >= 4 is 16.7 Å². The summed E-state index contributed by atoms with van der Waals surface area (Å²) in [6.07, 6.45) is 0. The number of rotatable bonds is 5. The number of quaternary nitrogens is 1. The number of hydrogen-bond donors (Lipinski definition) is 2. The number of benzene rings is 2. The second kappa shape index (κ2) is 6.57. The number of nitrogens with one attached hydrogen (secondary N) is 2. The van der Waals surface area contributed by atoms with Gasteiger partial charge >= 0.3 is 0 Å². The molecule has 24 heavy (non-hydrogen) atoms. The summed E-state index contributed by atoms with van der Waals surface area (Å²) in [5.41, 5.74) is 3.22. The molecule has 1 aromatic heterocycles. The Morgan fingerprint density at radius 3 is 2.58 bits per heavy atom. The number of likely N-dealkylation sites (N-methyl/N-ethyl adjacent to an activating group) is 1. The molecule has 3 aromatic rings. The quantitative estimate of drug-likeness (QED) is 0.696. The summed E-state index contributed by atoms with van der Waals surface area (Å²) < 4.78 is 13.9. The molecule has 4 heteroatoms. The molecule has 2 aromatic carbocycles. The third-order valence-corrected chi connectivity index (χ3v) is 4.70. The maximum Gasteiger partial charge on any atom is 0.222 e. The van der Waals surface area contributed by atoms with Crippen molar-refractivity contribution < 1.29 is 14.1 Å². The lowest BCUT2D eigenvalue weighted by Crippen LogP contribution is -3.12. The van der Waals surface area contributed by atoms with Crippen molar-refractivity contribution in [2.45, 2.75) is 26.4 Å². The van der Waals surface area contributed by atoms with E-state index in [0.717, 1.165) is 27.1 Å². The van der Waals surface area contributed by atoms with Crippen molar-refractivity contribution in [2.24, 2.45) is 0 Å².